The SMILES string of the molecule is COc1ccccc1OCCNCC(CO)OC(c1ccccc1)c1ccccc1. The van der Waals surface area contributed by atoms with Crippen LogP contribution in [0.25, 0.3) is 0 Å². The van der Waals surface area contributed by atoms with E-state index in [1.165, 1.54) is 0 Å². The predicted octanol–water partition coefficient (Wildman–Crippen LogP) is 3.83. The summed E-state index contributed by atoms with van der Waals surface area (Å²) in [6, 6.07) is 27.7. The van der Waals surface area contributed by atoms with Crippen molar-refractivity contribution >= 4 is 0 Å². The van der Waals surface area contributed by atoms with Gasteiger partial charge in [-0.2, -0.15) is 0 Å². The number of ether oxygens (including phenoxy) is 3. The molecule has 0 aliphatic heterocycles. The zero-order valence-corrected chi connectivity index (χ0v) is 17.2. The van der Waals surface area contributed by atoms with Crippen LogP contribution < -0.4 is 14.8 Å². The van der Waals surface area contributed by atoms with Gasteiger partial charge in [0.15, 0.2) is 11.5 Å². The molecule has 2 N–H and O–H groups in total. The van der Waals surface area contributed by atoms with Crippen molar-refractivity contribution in [1.82, 2.24) is 5.32 Å². The van der Waals surface area contributed by atoms with Crippen molar-refractivity contribution in [2.24, 2.45) is 0 Å². The molecule has 0 aromatic heterocycles. The second-order valence-electron chi connectivity index (χ2n) is 6.85. The zero-order valence-electron chi connectivity index (χ0n) is 17.2. The second-order valence-corrected chi connectivity index (χ2v) is 6.85. The number of hydrogen-bond donors (Lipinski definition) is 2. The summed E-state index contributed by atoms with van der Waals surface area (Å²) in [5.74, 6) is 1.42. The highest BCUT2D eigenvalue weighted by atomic mass is 16.5. The zero-order chi connectivity index (χ0) is 21.0. The molecule has 3 aromatic carbocycles. The van der Waals surface area contributed by atoms with Crippen LogP contribution >= 0.6 is 0 Å². The van der Waals surface area contributed by atoms with Gasteiger partial charge in [-0.15, -0.1) is 0 Å². The molecule has 5 heteroatoms. The standard InChI is InChI=1S/C25H29NO4/c1-28-23-14-8-9-15-24(23)29-17-16-26-18-22(19-27)30-25(20-10-4-2-5-11-20)21-12-6-3-7-13-21/h2-15,22,25-27H,16-19H2,1H3. The van der Waals surface area contributed by atoms with Gasteiger partial charge < -0.3 is 24.6 Å². The molecule has 0 aliphatic rings. The number of aliphatic hydroxyl groups is 1. The minimum absolute atomic E-state index is 0.0729. The van der Waals surface area contributed by atoms with Gasteiger partial charge in [-0.25, -0.2) is 0 Å². The fourth-order valence-corrected chi connectivity index (χ4v) is 3.19. The summed E-state index contributed by atoms with van der Waals surface area (Å²) in [7, 11) is 1.62. The van der Waals surface area contributed by atoms with Crippen molar-refractivity contribution in [3.8, 4) is 11.5 Å². The molecule has 1 unspecified atom stereocenters. The molecule has 0 amide bonds. The fraction of sp³-hybridized carbons (Fsp3) is 0.280. The van der Waals surface area contributed by atoms with Crippen molar-refractivity contribution in [1.29, 1.82) is 0 Å². The van der Waals surface area contributed by atoms with Crippen molar-refractivity contribution < 1.29 is 19.3 Å². The van der Waals surface area contributed by atoms with Gasteiger partial charge in [0.05, 0.1) is 19.8 Å². The first-order valence-corrected chi connectivity index (χ1v) is 10.1. The molecule has 158 valence electrons. The summed E-state index contributed by atoms with van der Waals surface area (Å²) in [6.45, 7) is 1.55. The Morgan fingerprint density at radius 2 is 1.37 bits per heavy atom. The molecule has 3 aromatic rings. The van der Waals surface area contributed by atoms with Crippen molar-refractivity contribution in [3.05, 3.63) is 96.1 Å². The largest absolute Gasteiger partial charge is 0.493 e. The molecule has 0 saturated heterocycles. The van der Waals surface area contributed by atoms with Gasteiger partial charge in [0.1, 0.15) is 12.7 Å². The molecule has 30 heavy (non-hydrogen) atoms. The summed E-state index contributed by atoms with van der Waals surface area (Å²) >= 11 is 0. The van der Waals surface area contributed by atoms with Gasteiger partial charge in [0.25, 0.3) is 0 Å². The summed E-state index contributed by atoms with van der Waals surface area (Å²) in [5.41, 5.74) is 2.11. The van der Waals surface area contributed by atoms with E-state index >= 15 is 0 Å². The molecule has 5 nitrogen and oxygen atoms in total. The summed E-state index contributed by atoms with van der Waals surface area (Å²) in [5, 5.41) is 13.2. The Hall–Kier alpha value is -2.86. The highest BCUT2D eigenvalue weighted by Gasteiger charge is 2.19. The lowest BCUT2D eigenvalue weighted by Crippen LogP contribution is -2.35. The molecule has 0 aliphatic carbocycles. The van der Waals surface area contributed by atoms with E-state index in [0.717, 1.165) is 11.1 Å². The second kappa shape index (κ2) is 12.0. The molecule has 1 atom stereocenters. The number of nitrogens with one attached hydrogen (secondary N) is 1. The molecule has 0 bridgehead atoms. The van der Waals surface area contributed by atoms with E-state index in [2.05, 4.69) is 5.32 Å². The van der Waals surface area contributed by atoms with Crippen LogP contribution in [0.1, 0.15) is 17.2 Å². The monoisotopic (exact) mass is 407 g/mol. The maximum atomic E-state index is 9.86. The van der Waals surface area contributed by atoms with Crippen molar-refractivity contribution in [2.45, 2.75) is 12.2 Å². The third-order valence-electron chi connectivity index (χ3n) is 4.71. The Kier molecular flexibility index (Phi) is 8.72. The molecule has 0 saturated carbocycles. The highest BCUT2D eigenvalue weighted by molar-refractivity contribution is 5.39. The third kappa shape index (κ3) is 6.32. The average molecular weight is 408 g/mol. The van der Waals surface area contributed by atoms with Gasteiger partial charge in [-0.05, 0) is 23.3 Å². The fourth-order valence-electron chi connectivity index (χ4n) is 3.19. The third-order valence-corrected chi connectivity index (χ3v) is 4.71. The van der Waals surface area contributed by atoms with Gasteiger partial charge in [-0.3, -0.25) is 0 Å². The maximum Gasteiger partial charge on any atom is 0.161 e. The van der Waals surface area contributed by atoms with Crippen molar-refractivity contribution in [2.75, 3.05) is 33.4 Å². The molecular weight excluding hydrogens is 378 g/mol. The van der Waals surface area contributed by atoms with Crippen molar-refractivity contribution in [3.63, 3.8) is 0 Å². The Labute approximate surface area is 178 Å². The molecular formula is C25H29NO4. The number of rotatable bonds is 12. The lowest BCUT2D eigenvalue weighted by atomic mass is 10.0. The molecule has 0 spiro atoms. The van der Waals surface area contributed by atoms with Gasteiger partial charge >= 0.3 is 0 Å². The van der Waals surface area contributed by atoms with Gasteiger partial charge in [0.2, 0.25) is 0 Å². The van der Waals surface area contributed by atoms with E-state index in [1.54, 1.807) is 7.11 Å². The Morgan fingerprint density at radius 3 is 1.93 bits per heavy atom. The van der Waals surface area contributed by atoms with Crippen LogP contribution in [0.15, 0.2) is 84.9 Å². The maximum absolute atomic E-state index is 9.86. The number of methoxy groups -OCH3 is 1. The Morgan fingerprint density at radius 1 is 0.800 bits per heavy atom. The first kappa shape index (κ1) is 21.8. The summed E-state index contributed by atoms with van der Waals surface area (Å²) in [4.78, 5) is 0. The van der Waals surface area contributed by atoms with E-state index in [4.69, 9.17) is 14.2 Å². The van der Waals surface area contributed by atoms with E-state index in [9.17, 15) is 5.11 Å². The van der Waals surface area contributed by atoms with Crippen LogP contribution in [0, 0.1) is 0 Å². The Balaban J connectivity index is 1.53. The van der Waals surface area contributed by atoms with E-state index in [0.29, 0.717) is 31.2 Å². The lowest BCUT2D eigenvalue weighted by molar-refractivity contribution is -0.0220. The van der Waals surface area contributed by atoms with Crippen LogP contribution in [0.2, 0.25) is 0 Å². The topological polar surface area (TPSA) is 60.0 Å². The summed E-state index contributed by atoms with van der Waals surface area (Å²) in [6.07, 6.45) is -0.585. The van der Waals surface area contributed by atoms with Crippen LogP contribution in [0.5, 0.6) is 11.5 Å². The molecule has 0 radical (unpaired) electrons. The van der Waals surface area contributed by atoms with E-state index in [-0.39, 0.29) is 18.8 Å². The van der Waals surface area contributed by atoms with E-state index in [1.807, 2.05) is 84.9 Å². The van der Waals surface area contributed by atoms with Crippen LogP contribution in [-0.2, 0) is 4.74 Å². The van der Waals surface area contributed by atoms with E-state index < -0.39 is 0 Å². The number of hydrogen-bond acceptors (Lipinski definition) is 5. The van der Waals surface area contributed by atoms with Crippen LogP contribution in [0.4, 0.5) is 0 Å². The van der Waals surface area contributed by atoms with Gasteiger partial charge in [0, 0.05) is 13.1 Å². The number of aliphatic hydroxyl groups excluding tert-OH is 1. The van der Waals surface area contributed by atoms with Gasteiger partial charge in [-0.1, -0.05) is 72.8 Å². The molecule has 0 fully saturated rings. The molecule has 3 rings (SSSR count). The minimum atomic E-state index is -0.346. The lowest BCUT2D eigenvalue weighted by Gasteiger charge is -2.25. The van der Waals surface area contributed by atoms with Crippen LogP contribution in [0.3, 0.4) is 0 Å². The first-order chi connectivity index (χ1) is 14.8. The normalized spacial score (nSPS) is 12.0. The predicted molar refractivity (Wildman–Crippen MR) is 118 cm³/mol. The quantitative estimate of drug-likeness (QED) is 0.447. The summed E-state index contributed by atoms with van der Waals surface area (Å²) < 4.78 is 17.4. The molecule has 0 heterocycles. The number of para-hydroxylation sites is 2. The minimum Gasteiger partial charge on any atom is -0.493 e. The average Bonchev–Trinajstić information content (AvgIpc) is 2.82. The smallest absolute Gasteiger partial charge is 0.161 e. The highest BCUT2D eigenvalue weighted by Crippen LogP contribution is 2.27. The Bertz CT molecular complexity index is 818. The number of benzene rings is 3. The first-order valence-electron chi connectivity index (χ1n) is 10.1. The van der Waals surface area contributed by atoms with Crippen LogP contribution in [-0.4, -0.2) is 44.6 Å².